The van der Waals surface area contributed by atoms with Crippen molar-refractivity contribution in [2.24, 2.45) is 17.1 Å². The van der Waals surface area contributed by atoms with Crippen molar-refractivity contribution in [2.45, 2.75) is 53.5 Å². The van der Waals surface area contributed by atoms with E-state index in [1.807, 2.05) is 0 Å². The highest BCUT2D eigenvalue weighted by atomic mass is 14.7. The normalized spacial score (nSPS) is 15.5. The molecule has 68 valence electrons. The first-order valence-electron chi connectivity index (χ1n) is 4.67. The minimum absolute atomic E-state index is 0.308. The average molecular weight is 157 g/mol. The molecule has 0 aromatic rings. The highest BCUT2D eigenvalue weighted by molar-refractivity contribution is 4.82. The SMILES string of the molecule is CCCC(C)(C)[C@@H](N)C(C)C. The van der Waals surface area contributed by atoms with Crippen LogP contribution in [0.3, 0.4) is 0 Å². The van der Waals surface area contributed by atoms with Gasteiger partial charge in [-0.05, 0) is 17.8 Å². The molecule has 1 heteroatoms. The van der Waals surface area contributed by atoms with Crippen LogP contribution in [0.15, 0.2) is 0 Å². The van der Waals surface area contributed by atoms with Crippen molar-refractivity contribution in [3.8, 4) is 0 Å². The summed E-state index contributed by atoms with van der Waals surface area (Å²) in [7, 11) is 0. The Labute approximate surface area is 71.4 Å². The Morgan fingerprint density at radius 1 is 1.27 bits per heavy atom. The van der Waals surface area contributed by atoms with Crippen LogP contribution in [0.5, 0.6) is 0 Å². The highest BCUT2D eigenvalue weighted by Gasteiger charge is 2.27. The number of nitrogens with two attached hydrogens (primary N) is 1. The molecule has 0 aromatic heterocycles. The van der Waals surface area contributed by atoms with Crippen LogP contribution in [-0.4, -0.2) is 6.04 Å². The van der Waals surface area contributed by atoms with E-state index < -0.39 is 0 Å². The third-order valence-electron chi connectivity index (χ3n) is 2.51. The molecule has 0 aliphatic heterocycles. The lowest BCUT2D eigenvalue weighted by Gasteiger charge is -2.34. The first-order valence-corrected chi connectivity index (χ1v) is 4.67. The van der Waals surface area contributed by atoms with Crippen molar-refractivity contribution in [3.05, 3.63) is 0 Å². The summed E-state index contributed by atoms with van der Waals surface area (Å²) in [5.74, 6) is 0.594. The van der Waals surface area contributed by atoms with Crippen LogP contribution in [-0.2, 0) is 0 Å². The van der Waals surface area contributed by atoms with Gasteiger partial charge in [-0.25, -0.2) is 0 Å². The smallest absolute Gasteiger partial charge is 0.0113 e. The van der Waals surface area contributed by atoms with E-state index in [4.69, 9.17) is 5.73 Å². The van der Waals surface area contributed by atoms with E-state index in [0.717, 1.165) is 0 Å². The Morgan fingerprint density at radius 3 is 2.00 bits per heavy atom. The van der Waals surface area contributed by atoms with Gasteiger partial charge in [-0.2, -0.15) is 0 Å². The molecule has 1 atom stereocenters. The van der Waals surface area contributed by atoms with Crippen molar-refractivity contribution in [2.75, 3.05) is 0 Å². The van der Waals surface area contributed by atoms with Crippen LogP contribution in [0.4, 0.5) is 0 Å². The zero-order valence-corrected chi connectivity index (χ0v) is 8.65. The van der Waals surface area contributed by atoms with E-state index in [2.05, 4.69) is 34.6 Å². The van der Waals surface area contributed by atoms with Crippen molar-refractivity contribution in [1.29, 1.82) is 0 Å². The third-order valence-corrected chi connectivity index (χ3v) is 2.51. The zero-order chi connectivity index (χ0) is 9.07. The largest absolute Gasteiger partial charge is 0.327 e. The van der Waals surface area contributed by atoms with Gasteiger partial charge in [0.15, 0.2) is 0 Å². The zero-order valence-electron chi connectivity index (χ0n) is 8.65. The minimum Gasteiger partial charge on any atom is -0.327 e. The van der Waals surface area contributed by atoms with E-state index in [9.17, 15) is 0 Å². The summed E-state index contributed by atoms with van der Waals surface area (Å²) < 4.78 is 0. The van der Waals surface area contributed by atoms with Gasteiger partial charge in [0.2, 0.25) is 0 Å². The van der Waals surface area contributed by atoms with E-state index in [1.54, 1.807) is 0 Å². The third kappa shape index (κ3) is 3.24. The van der Waals surface area contributed by atoms with Gasteiger partial charge in [0, 0.05) is 6.04 Å². The Hall–Kier alpha value is -0.0400. The van der Waals surface area contributed by atoms with E-state index in [0.29, 0.717) is 17.4 Å². The van der Waals surface area contributed by atoms with Gasteiger partial charge in [-0.3, -0.25) is 0 Å². The van der Waals surface area contributed by atoms with E-state index >= 15 is 0 Å². The molecule has 0 bridgehead atoms. The Morgan fingerprint density at radius 2 is 1.73 bits per heavy atom. The molecule has 0 rings (SSSR count). The fourth-order valence-corrected chi connectivity index (χ4v) is 1.71. The molecule has 0 aliphatic rings. The van der Waals surface area contributed by atoms with Gasteiger partial charge >= 0.3 is 0 Å². The first-order chi connectivity index (χ1) is 4.91. The molecule has 1 nitrogen and oxygen atoms in total. The summed E-state index contributed by atoms with van der Waals surface area (Å²) in [6, 6.07) is 0.336. The van der Waals surface area contributed by atoms with Crippen LogP contribution < -0.4 is 5.73 Å². The lowest BCUT2D eigenvalue weighted by Crippen LogP contribution is -2.41. The topological polar surface area (TPSA) is 26.0 Å². The molecule has 0 aliphatic carbocycles. The summed E-state index contributed by atoms with van der Waals surface area (Å²) in [6.45, 7) is 11.1. The van der Waals surface area contributed by atoms with Gasteiger partial charge < -0.3 is 5.73 Å². The predicted octanol–water partition coefficient (Wildman–Crippen LogP) is 2.80. The van der Waals surface area contributed by atoms with Gasteiger partial charge in [-0.1, -0.05) is 41.0 Å². The average Bonchev–Trinajstić information content (AvgIpc) is 1.86. The molecule has 0 aromatic carbocycles. The second kappa shape index (κ2) is 4.10. The van der Waals surface area contributed by atoms with Crippen LogP contribution in [0, 0.1) is 11.3 Å². The molecule has 11 heavy (non-hydrogen) atoms. The fourth-order valence-electron chi connectivity index (χ4n) is 1.71. The van der Waals surface area contributed by atoms with Crippen molar-refractivity contribution in [1.82, 2.24) is 0 Å². The Balaban J connectivity index is 4.05. The quantitative estimate of drug-likeness (QED) is 0.667. The summed E-state index contributed by atoms with van der Waals surface area (Å²) in [5, 5.41) is 0. The van der Waals surface area contributed by atoms with Gasteiger partial charge in [0.1, 0.15) is 0 Å². The summed E-state index contributed by atoms with van der Waals surface area (Å²) in [4.78, 5) is 0. The van der Waals surface area contributed by atoms with Crippen LogP contribution >= 0.6 is 0 Å². The van der Waals surface area contributed by atoms with Gasteiger partial charge in [-0.15, -0.1) is 0 Å². The molecule has 0 amide bonds. The summed E-state index contributed by atoms with van der Waals surface area (Å²) in [5.41, 5.74) is 6.39. The second-order valence-electron chi connectivity index (χ2n) is 4.51. The maximum Gasteiger partial charge on any atom is 0.0113 e. The lowest BCUT2D eigenvalue weighted by molar-refractivity contribution is 0.214. The van der Waals surface area contributed by atoms with Crippen molar-refractivity contribution < 1.29 is 0 Å². The number of hydrogen-bond acceptors (Lipinski definition) is 1. The van der Waals surface area contributed by atoms with Crippen LogP contribution in [0.25, 0.3) is 0 Å². The summed E-state index contributed by atoms with van der Waals surface area (Å²) >= 11 is 0. The molecule has 2 N–H and O–H groups in total. The second-order valence-corrected chi connectivity index (χ2v) is 4.51. The predicted molar refractivity (Wildman–Crippen MR) is 51.5 cm³/mol. The molecule has 0 fully saturated rings. The molecule has 0 saturated carbocycles. The number of hydrogen-bond donors (Lipinski definition) is 1. The van der Waals surface area contributed by atoms with Crippen LogP contribution in [0.2, 0.25) is 0 Å². The monoisotopic (exact) mass is 157 g/mol. The highest BCUT2D eigenvalue weighted by Crippen LogP contribution is 2.29. The maximum absolute atomic E-state index is 6.08. The fraction of sp³-hybridized carbons (Fsp3) is 1.00. The minimum atomic E-state index is 0.308. The van der Waals surface area contributed by atoms with Crippen LogP contribution in [0.1, 0.15) is 47.5 Å². The number of rotatable bonds is 4. The van der Waals surface area contributed by atoms with Gasteiger partial charge in [0.05, 0.1) is 0 Å². The molecule has 0 heterocycles. The first kappa shape index (κ1) is 11.0. The molecular weight excluding hydrogens is 134 g/mol. The lowest BCUT2D eigenvalue weighted by atomic mass is 9.76. The van der Waals surface area contributed by atoms with Crippen molar-refractivity contribution in [3.63, 3.8) is 0 Å². The van der Waals surface area contributed by atoms with Gasteiger partial charge in [0.25, 0.3) is 0 Å². The molecule has 0 spiro atoms. The standard InChI is InChI=1S/C10H23N/c1-6-7-10(4,5)9(11)8(2)3/h8-9H,6-7,11H2,1-5H3/t9-/m0/s1. The Kier molecular flexibility index (Phi) is 4.09. The van der Waals surface area contributed by atoms with E-state index in [1.165, 1.54) is 12.8 Å². The van der Waals surface area contributed by atoms with Crippen molar-refractivity contribution >= 4 is 0 Å². The summed E-state index contributed by atoms with van der Waals surface area (Å²) in [6.07, 6.45) is 2.46. The van der Waals surface area contributed by atoms with E-state index in [-0.39, 0.29) is 0 Å². The molecule has 0 unspecified atom stereocenters. The molecule has 0 radical (unpaired) electrons. The molecule has 0 saturated heterocycles. The maximum atomic E-state index is 6.08. The Bertz CT molecular complexity index is 105. The molecular formula is C10H23N.